The summed E-state index contributed by atoms with van der Waals surface area (Å²) in [5.74, 6) is 0.668. The molecule has 2 fully saturated rings. The van der Waals surface area contributed by atoms with Crippen LogP contribution in [-0.4, -0.2) is 64.3 Å². The number of amides is 3. The topological polar surface area (TPSA) is 101 Å². The molecular formula is C26H28N4O5. The third-order valence-electron chi connectivity index (χ3n) is 7.34. The highest BCUT2D eigenvalue weighted by Gasteiger charge is 2.39. The van der Waals surface area contributed by atoms with E-state index in [-0.39, 0.29) is 24.3 Å². The molecule has 1 aromatic carbocycles. The third-order valence-corrected chi connectivity index (χ3v) is 7.34. The number of fused-ring (bicyclic) bond motifs is 2. The molecular weight excluding hydrogens is 448 g/mol. The van der Waals surface area contributed by atoms with Gasteiger partial charge in [0.05, 0.1) is 6.61 Å². The van der Waals surface area contributed by atoms with Crippen LogP contribution < -0.4 is 14.8 Å². The summed E-state index contributed by atoms with van der Waals surface area (Å²) < 4.78 is 12.0. The molecule has 6 rings (SSSR count). The van der Waals surface area contributed by atoms with Crippen molar-refractivity contribution in [3.05, 3.63) is 52.7 Å². The first-order chi connectivity index (χ1) is 17.0. The van der Waals surface area contributed by atoms with E-state index >= 15 is 0 Å². The normalized spacial score (nSPS) is 24.1. The average molecular weight is 477 g/mol. The number of nitrogens with one attached hydrogen (secondary N) is 1. The van der Waals surface area contributed by atoms with Crippen LogP contribution in [0.2, 0.25) is 0 Å². The van der Waals surface area contributed by atoms with E-state index in [1.807, 2.05) is 18.3 Å². The number of hydrogen-bond donors (Lipinski definition) is 1. The van der Waals surface area contributed by atoms with Crippen molar-refractivity contribution >= 4 is 17.7 Å². The van der Waals surface area contributed by atoms with Crippen molar-refractivity contribution in [1.29, 1.82) is 0 Å². The van der Waals surface area contributed by atoms with Crippen LogP contribution in [-0.2, 0) is 29.1 Å². The molecule has 0 aliphatic carbocycles. The second kappa shape index (κ2) is 8.96. The highest BCUT2D eigenvalue weighted by Crippen LogP contribution is 2.32. The SMILES string of the molecule is O=C1CCC(N2Cc3cc(O[C@H]4CCN(Cc5ccnc6c5CCCO6)C4)ccc3C2=O)C(=O)N1. The van der Waals surface area contributed by atoms with Crippen LogP contribution >= 0.6 is 0 Å². The number of hydrogen-bond acceptors (Lipinski definition) is 7. The van der Waals surface area contributed by atoms with Crippen molar-refractivity contribution in [2.45, 2.75) is 57.3 Å². The summed E-state index contributed by atoms with van der Waals surface area (Å²) in [5.41, 5.74) is 3.96. The number of likely N-dealkylation sites (tertiary alicyclic amines) is 1. The summed E-state index contributed by atoms with van der Waals surface area (Å²) in [7, 11) is 0. The number of pyridine rings is 1. The summed E-state index contributed by atoms with van der Waals surface area (Å²) in [6.45, 7) is 3.73. The van der Waals surface area contributed by atoms with Crippen molar-refractivity contribution in [2.75, 3.05) is 19.7 Å². The minimum Gasteiger partial charge on any atom is -0.489 e. The number of ether oxygens (including phenoxy) is 2. The van der Waals surface area contributed by atoms with Crippen molar-refractivity contribution in [3.8, 4) is 11.6 Å². The van der Waals surface area contributed by atoms with E-state index in [1.54, 1.807) is 11.0 Å². The van der Waals surface area contributed by atoms with Gasteiger partial charge >= 0.3 is 0 Å². The Hall–Kier alpha value is -3.46. The van der Waals surface area contributed by atoms with Gasteiger partial charge in [0.15, 0.2) is 0 Å². The Bertz CT molecular complexity index is 1200. The molecule has 9 heteroatoms. The van der Waals surface area contributed by atoms with E-state index in [0.717, 1.165) is 62.7 Å². The van der Waals surface area contributed by atoms with Crippen LogP contribution in [0, 0.1) is 0 Å². The summed E-state index contributed by atoms with van der Waals surface area (Å²) in [6.07, 6.45) is 5.48. The van der Waals surface area contributed by atoms with Crippen molar-refractivity contribution in [1.82, 2.24) is 20.1 Å². The fraction of sp³-hybridized carbons (Fsp3) is 0.462. The molecule has 0 spiro atoms. The standard InChI is InChI=1S/C26H28N4O5/c31-23-6-5-22(24(32)28-23)30-14-17-12-18(3-4-21(17)26(30)33)35-19-8-10-29(15-19)13-16-7-9-27-25-20(16)2-1-11-34-25/h3-4,7,9,12,19,22H,1-2,5-6,8,10-11,13-15H2,(H,28,31,32)/t19-,22?/m0/s1. The Morgan fingerprint density at radius 1 is 1.14 bits per heavy atom. The zero-order valence-corrected chi connectivity index (χ0v) is 19.5. The minimum atomic E-state index is -0.607. The van der Waals surface area contributed by atoms with Gasteiger partial charge in [0, 0.05) is 49.9 Å². The lowest BCUT2D eigenvalue weighted by Crippen LogP contribution is -2.52. The van der Waals surface area contributed by atoms with Gasteiger partial charge in [-0.25, -0.2) is 4.98 Å². The van der Waals surface area contributed by atoms with Crippen molar-refractivity contribution in [2.24, 2.45) is 0 Å². The smallest absolute Gasteiger partial charge is 0.255 e. The van der Waals surface area contributed by atoms with Gasteiger partial charge in [0.2, 0.25) is 17.7 Å². The molecule has 2 aromatic rings. The second-order valence-electron chi connectivity index (χ2n) is 9.69. The van der Waals surface area contributed by atoms with Crippen LogP contribution in [0.5, 0.6) is 11.6 Å². The Labute approximate surface area is 203 Å². The minimum absolute atomic E-state index is 0.0744. The van der Waals surface area contributed by atoms with Gasteiger partial charge in [0.25, 0.3) is 5.91 Å². The van der Waals surface area contributed by atoms with Crippen molar-refractivity contribution in [3.63, 3.8) is 0 Å². The molecule has 2 saturated heterocycles. The number of benzene rings is 1. The predicted octanol–water partition coefficient (Wildman–Crippen LogP) is 1.82. The highest BCUT2D eigenvalue weighted by atomic mass is 16.5. The molecule has 4 aliphatic heterocycles. The van der Waals surface area contributed by atoms with Gasteiger partial charge in [0.1, 0.15) is 17.9 Å². The molecule has 35 heavy (non-hydrogen) atoms. The van der Waals surface area contributed by atoms with Gasteiger partial charge in [-0.1, -0.05) is 0 Å². The Morgan fingerprint density at radius 2 is 2.06 bits per heavy atom. The Morgan fingerprint density at radius 3 is 2.94 bits per heavy atom. The van der Waals surface area contributed by atoms with Gasteiger partial charge in [-0.15, -0.1) is 0 Å². The largest absolute Gasteiger partial charge is 0.489 e. The monoisotopic (exact) mass is 476 g/mol. The summed E-state index contributed by atoms with van der Waals surface area (Å²) >= 11 is 0. The summed E-state index contributed by atoms with van der Waals surface area (Å²) in [4.78, 5) is 45.0. The molecule has 1 unspecified atom stereocenters. The van der Waals surface area contributed by atoms with Crippen LogP contribution in [0.3, 0.4) is 0 Å². The van der Waals surface area contributed by atoms with E-state index in [9.17, 15) is 14.4 Å². The van der Waals surface area contributed by atoms with E-state index in [0.29, 0.717) is 18.5 Å². The number of piperidine rings is 1. The van der Waals surface area contributed by atoms with Gasteiger partial charge in [-0.2, -0.15) is 0 Å². The van der Waals surface area contributed by atoms with Gasteiger partial charge < -0.3 is 14.4 Å². The van der Waals surface area contributed by atoms with Gasteiger partial charge in [-0.05, 0) is 61.1 Å². The fourth-order valence-electron chi connectivity index (χ4n) is 5.56. The molecule has 5 heterocycles. The maximum atomic E-state index is 12.9. The first-order valence-corrected chi connectivity index (χ1v) is 12.3. The number of rotatable bonds is 5. The zero-order valence-electron chi connectivity index (χ0n) is 19.5. The maximum absolute atomic E-state index is 12.9. The van der Waals surface area contributed by atoms with E-state index in [4.69, 9.17) is 9.47 Å². The number of nitrogens with zero attached hydrogens (tertiary/aromatic N) is 3. The van der Waals surface area contributed by atoms with Crippen LogP contribution in [0.25, 0.3) is 0 Å². The Kier molecular flexibility index (Phi) is 5.64. The number of carbonyl (C=O) groups excluding carboxylic acids is 3. The molecule has 0 radical (unpaired) electrons. The molecule has 1 N–H and O–H groups in total. The summed E-state index contributed by atoms with van der Waals surface area (Å²) in [5, 5.41) is 2.34. The lowest BCUT2D eigenvalue weighted by atomic mass is 10.0. The van der Waals surface area contributed by atoms with Crippen LogP contribution in [0.15, 0.2) is 30.5 Å². The first-order valence-electron chi connectivity index (χ1n) is 12.3. The average Bonchev–Trinajstić information content (AvgIpc) is 3.43. The fourth-order valence-corrected chi connectivity index (χ4v) is 5.56. The van der Waals surface area contributed by atoms with E-state index in [1.165, 1.54) is 11.1 Å². The molecule has 182 valence electrons. The molecule has 3 amide bonds. The molecule has 4 aliphatic rings. The molecule has 1 aromatic heterocycles. The lowest BCUT2D eigenvalue weighted by Gasteiger charge is -2.29. The van der Waals surface area contributed by atoms with Crippen molar-refractivity contribution < 1.29 is 23.9 Å². The van der Waals surface area contributed by atoms with Crippen LogP contribution in [0.1, 0.15) is 52.7 Å². The molecule has 2 atom stereocenters. The predicted molar refractivity (Wildman–Crippen MR) is 125 cm³/mol. The van der Waals surface area contributed by atoms with E-state index in [2.05, 4.69) is 21.3 Å². The zero-order chi connectivity index (χ0) is 23.9. The first kappa shape index (κ1) is 22.0. The molecule has 9 nitrogen and oxygen atoms in total. The quantitative estimate of drug-likeness (QED) is 0.657. The maximum Gasteiger partial charge on any atom is 0.255 e. The number of carbonyl (C=O) groups is 3. The van der Waals surface area contributed by atoms with Crippen LogP contribution in [0.4, 0.5) is 0 Å². The number of imide groups is 1. The highest BCUT2D eigenvalue weighted by molar-refractivity contribution is 6.05. The third kappa shape index (κ3) is 4.25. The second-order valence-corrected chi connectivity index (χ2v) is 9.69. The van der Waals surface area contributed by atoms with Gasteiger partial charge in [-0.3, -0.25) is 24.6 Å². The number of aromatic nitrogens is 1. The molecule has 0 bridgehead atoms. The summed E-state index contributed by atoms with van der Waals surface area (Å²) in [6, 6.07) is 7.02. The lowest BCUT2D eigenvalue weighted by molar-refractivity contribution is -0.136. The van der Waals surface area contributed by atoms with E-state index < -0.39 is 11.9 Å². The Balaban J connectivity index is 1.09. The molecule has 0 saturated carbocycles.